The van der Waals surface area contributed by atoms with E-state index in [0.717, 1.165) is 6.42 Å². The van der Waals surface area contributed by atoms with Crippen molar-refractivity contribution in [1.82, 2.24) is 0 Å². The Kier molecular flexibility index (Phi) is 7.65. The van der Waals surface area contributed by atoms with E-state index in [2.05, 4.69) is 68.5 Å². The molecule has 2 aliphatic rings. The third kappa shape index (κ3) is 6.01. The van der Waals surface area contributed by atoms with Crippen molar-refractivity contribution in [2.45, 2.75) is 52.4 Å². The van der Waals surface area contributed by atoms with E-state index in [1.165, 1.54) is 64.8 Å². The van der Waals surface area contributed by atoms with Crippen LogP contribution in [0.5, 0.6) is 0 Å². The van der Waals surface area contributed by atoms with Gasteiger partial charge < -0.3 is 0 Å². The molecule has 0 atom stereocenters. The summed E-state index contributed by atoms with van der Waals surface area (Å²) in [7, 11) is 0. The van der Waals surface area contributed by atoms with Gasteiger partial charge in [0.2, 0.25) is 0 Å². The van der Waals surface area contributed by atoms with E-state index in [0.29, 0.717) is 0 Å². The van der Waals surface area contributed by atoms with Crippen LogP contribution in [0.1, 0.15) is 49.7 Å². The number of aryl methyl sites for hydroxylation is 2. The fourth-order valence-corrected chi connectivity index (χ4v) is 4.41. The summed E-state index contributed by atoms with van der Waals surface area (Å²) in [5.74, 6) is 0. The van der Waals surface area contributed by atoms with Crippen LogP contribution >= 0.6 is 0 Å². The van der Waals surface area contributed by atoms with Gasteiger partial charge in [0.05, 0.1) is 0 Å². The predicted molar refractivity (Wildman–Crippen MR) is 116 cm³/mol. The molecule has 0 aromatic heterocycles. The van der Waals surface area contributed by atoms with Crippen molar-refractivity contribution in [2.24, 2.45) is 0 Å². The van der Waals surface area contributed by atoms with Crippen molar-refractivity contribution >= 4 is 24.8 Å². The fourth-order valence-electron chi connectivity index (χ4n) is 3.54. The van der Waals surface area contributed by atoms with E-state index < -0.39 is 0 Å². The molecule has 27 heavy (non-hydrogen) atoms. The molecular formula is C26H28Zr. The Bertz CT molecular complexity index is 894. The third-order valence-electron chi connectivity index (χ3n) is 5.06. The molecule has 3 aromatic rings. The minimum absolute atomic E-state index is 1.01. The van der Waals surface area contributed by atoms with Crippen LogP contribution in [0.2, 0.25) is 0 Å². The zero-order valence-corrected chi connectivity index (χ0v) is 19.0. The van der Waals surface area contributed by atoms with Crippen molar-refractivity contribution in [3.05, 3.63) is 77.9 Å². The van der Waals surface area contributed by atoms with Gasteiger partial charge in [0.15, 0.2) is 0 Å². The molecule has 0 aliphatic heterocycles. The van der Waals surface area contributed by atoms with E-state index >= 15 is 0 Å². The van der Waals surface area contributed by atoms with Crippen LogP contribution in [-0.2, 0) is 24.2 Å². The summed E-state index contributed by atoms with van der Waals surface area (Å²) in [6, 6.07) is 15.6. The standard InChI is InChI=1S/C15H13.C6H10.C5H5.Zr/c1-10-3-5-12-9-13-6-4-11(2)8-15(13)14(12)7-10;1-2-4-6-5-3-1;1-2-4-5-3-1;/h3-9H,1-2H3;1-5H2;1-3H,4H2;/q-1;;-1;+2. The molecule has 0 heterocycles. The molecule has 1 fully saturated rings. The SMILES string of the molecule is Cc1ccc2[cH-]c3ccc(C)cc3c2c1.[C-]1=CC=CC1.[Zr+2]=[C]1CCCCC1. The Morgan fingerprint density at radius 1 is 0.852 bits per heavy atom. The first-order valence-electron chi connectivity index (χ1n) is 9.98. The van der Waals surface area contributed by atoms with E-state index in [1.807, 2.05) is 12.2 Å². The Morgan fingerprint density at radius 2 is 1.44 bits per heavy atom. The Balaban J connectivity index is 0.000000145. The summed E-state index contributed by atoms with van der Waals surface area (Å²) >= 11 is 1.69. The fraction of sp³-hybridized carbons (Fsp3) is 0.308. The Labute approximate surface area is 178 Å². The average Bonchev–Trinajstić information content (AvgIpc) is 3.35. The van der Waals surface area contributed by atoms with Crippen LogP contribution < -0.4 is 0 Å². The molecular weight excluding hydrogens is 404 g/mol. The first-order valence-corrected chi connectivity index (χ1v) is 11.2. The number of allylic oxidation sites excluding steroid dienone is 4. The monoisotopic (exact) mass is 430 g/mol. The molecule has 0 unspecified atom stereocenters. The van der Waals surface area contributed by atoms with Gasteiger partial charge in [0.25, 0.3) is 0 Å². The van der Waals surface area contributed by atoms with Crippen LogP contribution in [0.4, 0.5) is 0 Å². The number of benzene rings is 2. The molecule has 136 valence electrons. The van der Waals surface area contributed by atoms with E-state index in [4.69, 9.17) is 0 Å². The van der Waals surface area contributed by atoms with Crippen molar-refractivity contribution in [3.63, 3.8) is 0 Å². The number of fused-ring (bicyclic) bond motifs is 3. The molecule has 1 heteroatoms. The van der Waals surface area contributed by atoms with Gasteiger partial charge in [-0.1, -0.05) is 35.4 Å². The summed E-state index contributed by atoms with van der Waals surface area (Å²) in [6.45, 7) is 4.29. The van der Waals surface area contributed by atoms with Crippen LogP contribution in [-0.4, -0.2) is 3.21 Å². The molecule has 1 saturated carbocycles. The zero-order valence-electron chi connectivity index (χ0n) is 16.5. The maximum absolute atomic E-state index is 2.99. The molecule has 0 bridgehead atoms. The number of rotatable bonds is 0. The third-order valence-corrected chi connectivity index (χ3v) is 6.29. The van der Waals surface area contributed by atoms with Gasteiger partial charge in [-0.2, -0.15) is 6.08 Å². The maximum atomic E-state index is 2.99. The second-order valence-corrected chi connectivity index (χ2v) is 9.23. The van der Waals surface area contributed by atoms with Crippen LogP contribution in [0.25, 0.3) is 21.5 Å². The van der Waals surface area contributed by atoms with Crippen LogP contribution in [0.3, 0.4) is 0 Å². The van der Waals surface area contributed by atoms with Gasteiger partial charge in [0, 0.05) is 0 Å². The van der Waals surface area contributed by atoms with Crippen molar-refractivity contribution in [1.29, 1.82) is 0 Å². The zero-order chi connectivity index (χ0) is 19.1. The molecule has 0 nitrogen and oxygen atoms in total. The summed E-state index contributed by atoms with van der Waals surface area (Å²) in [4.78, 5) is 0. The van der Waals surface area contributed by atoms with Crippen molar-refractivity contribution in [3.8, 4) is 0 Å². The summed E-state index contributed by atoms with van der Waals surface area (Å²) < 4.78 is 1.80. The molecule has 0 amide bonds. The number of hydrogen-bond donors (Lipinski definition) is 0. The molecule has 0 N–H and O–H groups in total. The Morgan fingerprint density at radius 3 is 1.81 bits per heavy atom. The topological polar surface area (TPSA) is 0 Å². The summed E-state index contributed by atoms with van der Waals surface area (Å²) in [5.41, 5.74) is 2.66. The minimum atomic E-state index is 1.01. The van der Waals surface area contributed by atoms with Crippen molar-refractivity contribution in [2.75, 3.05) is 0 Å². The quantitative estimate of drug-likeness (QED) is 0.327. The second kappa shape index (κ2) is 10.2. The Hall–Kier alpha value is -1.46. The molecule has 0 spiro atoms. The van der Waals surface area contributed by atoms with Crippen molar-refractivity contribution < 1.29 is 24.2 Å². The first-order chi connectivity index (χ1) is 13.1. The van der Waals surface area contributed by atoms with Crippen LogP contribution in [0.15, 0.2) is 60.7 Å². The normalized spacial score (nSPS) is 15.5. The molecule has 0 saturated heterocycles. The van der Waals surface area contributed by atoms with Gasteiger partial charge >= 0.3 is 59.5 Å². The summed E-state index contributed by atoms with van der Waals surface area (Å²) in [6.07, 6.45) is 17.3. The molecule has 3 aromatic carbocycles. The first kappa shape index (κ1) is 20.3. The predicted octanol–water partition coefficient (Wildman–Crippen LogP) is 7.30. The van der Waals surface area contributed by atoms with Gasteiger partial charge in [-0.15, -0.1) is 46.2 Å². The molecule has 5 rings (SSSR count). The van der Waals surface area contributed by atoms with Gasteiger partial charge in [-0.3, -0.25) is 6.08 Å². The van der Waals surface area contributed by atoms with Gasteiger partial charge in [0.1, 0.15) is 0 Å². The second-order valence-electron chi connectivity index (χ2n) is 7.49. The average molecular weight is 432 g/mol. The van der Waals surface area contributed by atoms with E-state index in [1.54, 1.807) is 27.4 Å². The van der Waals surface area contributed by atoms with E-state index in [-0.39, 0.29) is 0 Å². The van der Waals surface area contributed by atoms with Gasteiger partial charge in [-0.05, 0) is 13.8 Å². The van der Waals surface area contributed by atoms with Crippen LogP contribution in [0, 0.1) is 19.9 Å². The summed E-state index contributed by atoms with van der Waals surface area (Å²) in [5, 5.41) is 5.46. The molecule has 2 aliphatic carbocycles. The van der Waals surface area contributed by atoms with E-state index in [9.17, 15) is 0 Å². The number of hydrogen-bond acceptors (Lipinski definition) is 0. The molecule has 0 radical (unpaired) electrons. The van der Waals surface area contributed by atoms with Gasteiger partial charge in [-0.25, -0.2) is 12.2 Å².